The molecule has 1 fully saturated rings. The number of rotatable bonds is 8. The van der Waals surface area contributed by atoms with Gasteiger partial charge >= 0.3 is 0 Å². The highest BCUT2D eigenvalue weighted by molar-refractivity contribution is 7.89. The molecule has 1 N–H and O–H groups in total. The first-order valence-corrected chi connectivity index (χ1v) is 10.8. The molecule has 3 rings (SSSR count). The number of carbonyl (C=O) groups is 1. The number of hydrogen-bond donors (Lipinski definition) is 1. The van der Waals surface area contributed by atoms with Gasteiger partial charge in [0, 0.05) is 38.9 Å². The molecule has 1 saturated heterocycles. The predicted molar refractivity (Wildman–Crippen MR) is 107 cm³/mol. The van der Waals surface area contributed by atoms with Gasteiger partial charge in [0.1, 0.15) is 5.82 Å². The summed E-state index contributed by atoms with van der Waals surface area (Å²) in [5.41, 5.74) is 0. The summed E-state index contributed by atoms with van der Waals surface area (Å²) in [6.45, 7) is 1.41. The fraction of sp³-hybridized carbons (Fsp3) is 0.368. The normalized spacial score (nSPS) is 15.1. The largest absolute Gasteiger partial charge is 0.481 e. The molecule has 1 aliphatic rings. The van der Waals surface area contributed by atoms with Crippen molar-refractivity contribution in [2.45, 2.75) is 0 Å². The van der Waals surface area contributed by atoms with Crippen LogP contribution in [0.25, 0.3) is 0 Å². The van der Waals surface area contributed by atoms with Gasteiger partial charge in [-0.3, -0.25) is 4.79 Å². The molecule has 0 saturated carbocycles. The lowest BCUT2D eigenvalue weighted by molar-refractivity contribution is -0.123. The fourth-order valence-corrected chi connectivity index (χ4v) is 4.28. The molecule has 0 radical (unpaired) electrons. The van der Waals surface area contributed by atoms with Crippen LogP contribution in [0.4, 0.5) is 10.2 Å². The van der Waals surface area contributed by atoms with E-state index in [0.29, 0.717) is 26.2 Å². The first-order chi connectivity index (χ1) is 14.0. The van der Waals surface area contributed by atoms with Crippen molar-refractivity contribution < 1.29 is 22.3 Å². The highest BCUT2D eigenvalue weighted by Crippen LogP contribution is 2.15. The van der Waals surface area contributed by atoms with E-state index in [1.165, 1.54) is 22.5 Å². The van der Waals surface area contributed by atoms with Gasteiger partial charge in [-0.15, -0.1) is 0 Å². The third kappa shape index (κ3) is 5.88. The van der Waals surface area contributed by atoms with Crippen molar-refractivity contribution in [2.24, 2.45) is 0 Å². The minimum atomic E-state index is -3.49. The van der Waals surface area contributed by atoms with Crippen LogP contribution in [0.15, 0.2) is 48.7 Å². The molecule has 0 atom stereocenters. The van der Waals surface area contributed by atoms with Crippen molar-refractivity contribution in [3.8, 4) is 5.75 Å². The number of sulfonamides is 1. The highest BCUT2D eigenvalue weighted by atomic mass is 32.2. The second kappa shape index (κ2) is 9.66. The monoisotopic (exact) mass is 422 g/mol. The zero-order valence-corrected chi connectivity index (χ0v) is 16.6. The number of nitrogens with one attached hydrogen (secondary N) is 1. The minimum absolute atomic E-state index is 0.0268. The number of pyridine rings is 1. The molecular weight excluding hydrogens is 399 g/mol. The zero-order valence-electron chi connectivity index (χ0n) is 15.8. The van der Waals surface area contributed by atoms with Crippen molar-refractivity contribution >= 4 is 21.7 Å². The van der Waals surface area contributed by atoms with Crippen LogP contribution in [0, 0.1) is 5.82 Å². The van der Waals surface area contributed by atoms with Gasteiger partial charge in [-0.1, -0.05) is 18.2 Å². The number of para-hydroxylation sites is 1. The fourth-order valence-electron chi connectivity index (χ4n) is 2.94. The lowest BCUT2D eigenvalue weighted by Gasteiger charge is -2.34. The van der Waals surface area contributed by atoms with Gasteiger partial charge in [0.25, 0.3) is 5.91 Å². The van der Waals surface area contributed by atoms with Gasteiger partial charge in [0.05, 0.1) is 5.75 Å². The van der Waals surface area contributed by atoms with Crippen molar-refractivity contribution in [3.63, 3.8) is 0 Å². The van der Waals surface area contributed by atoms with E-state index in [0.717, 1.165) is 5.82 Å². The zero-order chi connectivity index (χ0) is 20.7. The van der Waals surface area contributed by atoms with Crippen LogP contribution in [-0.2, 0) is 14.8 Å². The maximum Gasteiger partial charge on any atom is 0.257 e. The molecule has 1 aliphatic heterocycles. The van der Waals surface area contributed by atoms with Crippen LogP contribution in [-0.4, -0.2) is 68.7 Å². The quantitative estimate of drug-likeness (QED) is 0.679. The standard InChI is InChI=1S/C19H23FN4O4S/c20-16-5-1-2-6-17(16)28-15-19(25)22-9-14-29(26,27)24-12-10-23(11-13-24)18-7-3-4-8-21-18/h1-8H,9-15H2,(H,22,25). The number of ether oxygens (including phenoxy) is 1. The summed E-state index contributed by atoms with van der Waals surface area (Å²) in [5, 5.41) is 2.49. The van der Waals surface area contributed by atoms with E-state index in [1.54, 1.807) is 12.3 Å². The number of anilines is 1. The predicted octanol–water partition coefficient (Wildman–Crippen LogP) is 0.868. The van der Waals surface area contributed by atoms with Gasteiger partial charge in [-0.2, -0.15) is 4.31 Å². The Hall–Kier alpha value is -2.72. The number of carbonyl (C=O) groups excluding carboxylic acids is 1. The highest BCUT2D eigenvalue weighted by Gasteiger charge is 2.27. The summed E-state index contributed by atoms with van der Waals surface area (Å²) in [6, 6.07) is 11.4. The molecule has 0 spiro atoms. The lowest BCUT2D eigenvalue weighted by Crippen LogP contribution is -2.50. The van der Waals surface area contributed by atoms with Crippen molar-refractivity contribution in [1.82, 2.24) is 14.6 Å². The van der Waals surface area contributed by atoms with Gasteiger partial charge in [-0.25, -0.2) is 17.8 Å². The number of piperazine rings is 1. The number of halogens is 1. The van der Waals surface area contributed by atoms with E-state index >= 15 is 0 Å². The Kier molecular flexibility index (Phi) is 6.99. The molecule has 1 aromatic carbocycles. The average molecular weight is 422 g/mol. The van der Waals surface area contributed by atoms with Crippen LogP contribution < -0.4 is 15.0 Å². The molecule has 2 heterocycles. The molecule has 10 heteroatoms. The van der Waals surface area contributed by atoms with Crippen LogP contribution >= 0.6 is 0 Å². The molecule has 2 aromatic rings. The molecule has 8 nitrogen and oxygen atoms in total. The summed E-state index contributed by atoms with van der Waals surface area (Å²) in [6.07, 6.45) is 1.71. The molecule has 0 aliphatic carbocycles. The van der Waals surface area contributed by atoms with E-state index in [1.807, 2.05) is 23.1 Å². The summed E-state index contributed by atoms with van der Waals surface area (Å²) in [4.78, 5) is 18.1. The second-order valence-corrected chi connectivity index (χ2v) is 8.55. The third-order valence-electron chi connectivity index (χ3n) is 4.48. The molecule has 1 aromatic heterocycles. The Morgan fingerprint density at radius 2 is 1.83 bits per heavy atom. The van der Waals surface area contributed by atoms with E-state index in [9.17, 15) is 17.6 Å². The Labute approximate surface area is 169 Å². The first kappa shape index (κ1) is 21.0. The number of benzene rings is 1. The number of hydrogen-bond acceptors (Lipinski definition) is 6. The number of aromatic nitrogens is 1. The van der Waals surface area contributed by atoms with Crippen LogP contribution in [0.1, 0.15) is 0 Å². The number of nitrogens with zero attached hydrogens (tertiary/aromatic N) is 3. The molecule has 0 unspecified atom stereocenters. The van der Waals surface area contributed by atoms with Crippen molar-refractivity contribution in [2.75, 3.05) is 50.0 Å². The van der Waals surface area contributed by atoms with Crippen molar-refractivity contribution in [3.05, 3.63) is 54.5 Å². The summed E-state index contributed by atoms with van der Waals surface area (Å²) in [7, 11) is -3.49. The van der Waals surface area contributed by atoms with Gasteiger partial charge in [-0.05, 0) is 24.3 Å². The summed E-state index contributed by atoms with van der Waals surface area (Å²) < 4.78 is 44.9. The Balaban J connectivity index is 1.40. The Bertz CT molecular complexity index is 919. The van der Waals surface area contributed by atoms with Gasteiger partial charge < -0.3 is 15.0 Å². The first-order valence-electron chi connectivity index (χ1n) is 9.23. The van der Waals surface area contributed by atoms with Crippen LogP contribution in [0.5, 0.6) is 5.75 Å². The van der Waals surface area contributed by atoms with E-state index < -0.39 is 21.7 Å². The van der Waals surface area contributed by atoms with E-state index in [4.69, 9.17) is 4.74 Å². The Morgan fingerprint density at radius 1 is 1.10 bits per heavy atom. The summed E-state index contributed by atoms with van der Waals surface area (Å²) >= 11 is 0. The maximum absolute atomic E-state index is 13.4. The third-order valence-corrected chi connectivity index (χ3v) is 6.35. The molecule has 0 bridgehead atoms. The molecule has 156 valence electrons. The molecule has 29 heavy (non-hydrogen) atoms. The number of amides is 1. The second-order valence-electron chi connectivity index (χ2n) is 6.46. The van der Waals surface area contributed by atoms with E-state index in [2.05, 4.69) is 10.3 Å². The van der Waals surface area contributed by atoms with Crippen LogP contribution in [0.3, 0.4) is 0 Å². The molecule has 1 amide bonds. The SMILES string of the molecule is O=C(COc1ccccc1F)NCCS(=O)(=O)N1CCN(c2ccccn2)CC1. The van der Waals surface area contributed by atoms with E-state index in [-0.39, 0.29) is 24.7 Å². The maximum atomic E-state index is 13.4. The lowest BCUT2D eigenvalue weighted by atomic mass is 10.3. The van der Waals surface area contributed by atoms with Gasteiger partial charge in [0.15, 0.2) is 18.2 Å². The minimum Gasteiger partial charge on any atom is -0.481 e. The van der Waals surface area contributed by atoms with Crippen molar-refractivity contribution in [1.29, 1.82) is 0 Å². The Morgan fingerprint density at radius 3 is 2.52 bits per heavy atom. The van der Waals surface area contributed by atoms with Crippen LogP contribution in [0.2, 0.25) is 0 Å². The molecular formula is C19H23FN4O4S. The van der Waals surface area contributed by atoms with Gasteiger partial charge in [0.2, 0.25) is 10.0 Å². The average Bonchev–Trinajstić information content (AvgIpc) is 2.74. The topological polar surface area (TPSA) is 91.8 Å². The smallest absolute Gasteiger partial charge is 0.257 e. The summed E-state index contributed by atoms with van der Waals surface area (Å²) in [5.74, 6) is -0.481.